The van der Waals surface area contributed by atoms with Crippen molar-refractivity contribution in [1.29, 1.82) is 0 Å². The van der Waals surface area contributed by atoms with Crippen LogP contribution >= 0.6 is 0 Å². The third-order valence-corrected chi connectivity index (χ3v) is 3.93. The van der Waals surface area contributed by atoms with Gasteiger partial charge in [0.15, 0.2) is 0 Å². The number of unbranched alkanes of at least 4 members (excludes halogenated alkanes) is 10. The zero-order valence-electron chi connectivity index (χ0n) is 13.5. The Bertz CT molecular complexity index is 204. The van der Waals surface area contributed by atoms with Gasteiger partial charge in [-0.05, 0) is 6.42 Å². The van der Waals surface area contributed by atoms with E-state index in [1.54, 1.807) is 0 Å². The molecule has 20 heavy (non-hydrogen) atoms. The lowest BCUT2D eigenvalue weighted by Crippen LogP contribution is -2.15. The fourth-order valence-corrected chi connectivity index (χ4v) is 2.54. The topological polar surface area (TPSA) is 40.5 Å². The molecule has 2 nitrogen and oxygen atoms in total. The minimum absolute atomic E-state index is 0.374. The van der Waals surface area contributed by atoms with Crippen molar-refractivity contribution < 1.29 is 10.2 Å². The maximum absolute atomic E-state index is 9.69. The molecule has 0 saturated heterocycles. The molecular weight excluding hydrogens is 248 g/mol. The highest BCUT2D eigenvalue weighted by atomic mass is 16.3. The lowest BCUT2D eigenvalue weighted by molar-refractivity contribution is 0.0958. The average molecular weight is 284 g/mol. The van der Waals surface area contributed by atoms with E-state index in [1.807, 2.05) is 0 Å². The van der Waals surface area contributed by atoms with Gasteiger partial charge in [-0.15, -0.1) is 6.58 Å². The number of hydrogen-bond acceptors (Lipinski definition) is 2. The van der Waals surface area contributed by atoms with Gasteiger partial charge in [-0.3, -0.25) is 0 Å². The van der Waals surface area contributed by atoms with Gasteiger partial charge in [-0.25, -0.2) is 0 Å². The number of hydrogen-bond donors (Lipinski definition) is 2. The fourth-order valence-electron chi connectivity index (χ4n) is 2.54. The van der Waals surface area contributed by atoms with Gasteiger partial charge >= 0.3 is 0 Å². The van der Waals surface area contributed by atoms with Crippen LogP contribution in [0, 0.1) is 0 Å². The lowest BCUT2D eigenvalue weighted by Gasteiger charge is -2.12. The van der Waals surface area contributed by atoms with Crippen LogP contribution in [0.1, 0.15) is 90.4 Å². The summed E-state index contributed by atoms with van der Waals surface area (Å²) < 4.78 is 0. The molecular formula is C18H36O2. The maximum atomic E-state index is 9.69. The first-order chi connectivity index (χ1) is 9.70. The molecule has 0 spiro atoms. The van der Waals surface area contributed by atoms with Crippen molar-refractivity contribution in [3.8, 4) is 0 Å². The zero-order valence-corrected chi connectivity index (χ0v) is 13.5. The summed E-state index contributed by atoms with van der Waals surface area (Å²) >= 11 is 0. The molecule has 0 amide bonds. The summed E-state index contributed by atoms with van der Waals surface area (Å²) in [6.45, 7) is 5.77. The van der Waals surface area contributed by atoms with Crippen molar-refractivity contribution in [3.63, 3.8) is 0 Å². The van der Waals surface area contributed by atoms with Crippen LogP contribution in [0.25, 0.3) is 0 Å². The Labute approximate surface area is 126 Å². The molecule has 0 rings (SSSR count). The second-order valence-electron chi connectivity index (χ2n) is 6.02. The summed E-state index contributed by atoms with van der Waals surface area (Å²) in [5.74, 6) is 0. The van der Waals surface area contributed by atoms with Gasteiger partial charge in [-0.1, -0.05) is 83.6 Å². The summed E-state index contributed by atoms with van der Waals surface area (Å²) in [4.78, 5) is 0. The molecule has 0 aromatic heterocycles. The predicted molar refractivity (Wildman–Crippen MR) is 87.9 cm³/mol. The van der Waals surface area contributed by atoms with Crippen LogP contribution in [0.3, 0.4) is 0 Å². The van der Waals surface area contributed by atoms with Gasteiger partial charge in [0, 0.05) is 6.42 Å². The van der Waals surface area contributed by atoms with E-state index in [9.17, 15) is 10.2 Å². The normalized spacial score (nSPS) is 14.2. The third-order valence-electron chi connectivity index (χ3n) is 3.93. The van der Waals surface area contributed by atoms with Crippen molar-refractivity contribution >= 4 is 0 Å². The second kappa shape index (κ2) is 15.1. The molecule has 0 unspecified atom stereocenters. The Balaban J connectivity index is 3.14. The Morgan fingerprint density at radius 3 is 1.70 bits per heavy atom. The average Bonchev–Trinajstić information content (AvgIpc) is 2.44. The first kappa shape index (κ1) is 19.7. The fraction of sp³-hybridized carbons (Fsp3) is 0.889. The molecule has 0 radical (unpaired) electrons. The van der Waals surface area contributed by atoms with Crippen LogP contribution in [0.5, 0.6) is 0 Å². The molecule has 0 aromatic rings. The van der Waals surface area contributed by atoms with E-state index in [4.69, 9.17) is 0 Å². The van der Waals surface area contributed by atoms with Gasteiger partial charge in [0.2, 0.25) is 0 Å². The molecule has 0 heterocycles. The Morgan fingerprint density at radius 2 is 1.25 bits per heavy atom. The van der Waals surface area contributed by atoms with E-state index in [-0.39, 0.29) is 6.10 Å². The first-order valence-corrected chi connectivity index (χ1v) is 8.69. The Kier molecular flexibility index (Phi) is 14.8. The van der Waals surface area contributed by atoms with Crippen molar-refractivity contribution in [2.45, 2.75) is 103 Å². The van der Waals surface area contributed by atoms with Crippen molar-refractivity contribution in [2.24, 2.45) is 0 Å². The second-order valence-corrected chi connectivity index (χ2v) is 6.02. The molecule has 0 bridgehead atoms. The molecule has 2 heteroatoms. The Hall–Kier alpha value is -0.340. The summed E-state index contributed by atoms with van der Waals surface area (Å²) in [6, 6.07) is 0. The molecule has 0 aromatic carbocycles. The minimum atomic E-state index is -0.558. The standard InChI is InChI=1S/C18H36O2/c1-3-5-6-7-8-9-10-11-12-13-14-15-18(20)16-17(19)4-2/h4,17-20H,2-3,5-16H2,1H3/t17-,18-/m0/s1. The van der Waals surface area contributed by atoms with Crippen LogP contribution in [-0.4, -0.2) is 22.4 Å². The van der Waals surface area contributed by atoms with Gasteiger partial charge in [0.25, 0.3) is 0 Å². The minimum Gasteiger partial charge on any atom is -0.393 e. The van der Waals surface area contributed by atoms with E-state index < -0.39 is 6.10 Å². The van der Waals surface area contributed by atoms with E-state index in [1.165, 1.54) is 70.3 Å². The largest absolute Gasteiger partial charge is 0.393 e. The van der Waals surface area contributed by atoms with Crippen molar-refractivity contribution in [2.75, 3.05) is 0 Å². The van der Waals surface area contributed by atoms with E-state index in [0.717, 1.165) is 12.8 Å². The highest BCUT2D eigenvalue weighted by Gasteiger charge is 2.08. The van der Waals surface area contributed by atoms with Gasteiger partial charge < -0.3 is 10.2 Å². The van der Waals surface area contributed by atoms with Gasteiger partial charge in [-0.2, -0.15) is 0 Å². The summed E-state index contributed by atoms with van der Waals surface area (Å²) in [6.07, 6.45) is 16.4. The molecule has 0 aliphatic rings. The third kappa shape index (κ3) is 14.1. The quantitative estimate of drug-likeness (QED) is 0.329. The monoisotopic (exact) mass is 284 g/mol. The zero-order chi connectivity index (χ0) is 15.1. The van der Waals surface area contributed by atoms with E-state index >= 15 is 0 Å². The number of aliphatic hydroxyl groups is 2. The summed E-state index contributed by atoms with van der Waals surface area (Å²) in [5, 5.41) is 19.0. The lowest BCUT2D eigenvalue weighted by atomic mass is 10.0. The molecule has 0 saturated carbocycles. The smallest absolute Gasteiger partial charge is 0.0742 e. The molecule has 120 valence electrons. The van der Waals surface area contributed by atoms with Crippen LogP contribution in [0.2, 0.25) is 0 Å². The van der Waals surface area contributed by atoms with Crippen LogP contribution in [0.15, 0.2) is 12.7 Å². The van der Waals surface area contributed by atoms with Crippen LogP contribution in [-0.2, 0) is 0 Å². The highest BCUT2D eigenvalue weighted by molar-refractivity contribution is 4.80. The summed E-state index contributed by atoms with van der Waals surface area (Å²) in [5.41, 5.74) is 0. The highest BCUT2D eigenvalue weighted by Crippen LogP contribution is 2.13. The number of aliphatic hydroxyl groups excluding tert-OH is 2. The van der Waals surface area contributed by atoms with Crippen LogP contribution in [0.4, 0.5) is 0 Å². The van der Waals surface area contributed by atoms with E-state index in [0.29, 0.717) is 6.42 Å². The molecule has 2 N–H and O–H groups in total. The number of rotatable bonds is 15. The first-order valence-electron chi connectivity index (χ1n) is 8.69. The van der Waals surface area contributed by atoms with Crippen molar-refractivity contribution in [3.05, 3.63) is 12.7 Å². The van der Waals surface area contributed by atoms with Gasteiger partial charge in [0.1, 0.15) is 0 Å². The predicted octanol–water partition coefficient (Wildman–Crippen LogP) is 4.99. The summed E-state index contributed by atoms with van der Waals surface area (Å²) in [7, 11) is 0. The SMILES string of the molecule is C=C[C@H](O)C[C@@H](O)CCCCCCCCCCCCC. The molecule has 2 atom stereocenters. The molecule has 0 aliphatic heterocycles. The maximum Gasteiger partial charge on any atom is 0.0742 e. The van der Waals surface area contributed by atoms with E-state index in [2.05, 4.69) is 13.5 Å². The Morgan fingerprint density at radius 1 is 0.800 bits per heavy atom. The van der Waals surface area contributed by atoms with Crippen LogP contribution < -0.4 is 0 Å². The van der Waals surface area contributed by atoms with Gasteiger partial charge in [0.05, 0.1) is 12.2 Å². The van der Waals surface area contributed by atoms with Crippen molar-refractivity contribution in [1.82, 2.24) is 0 Å². The molecule has 0 fully saturated rings. The molecule has 0 aliphatic carbocycles.